The van der Waals surface area contributed by atoms with Crippen LogP contribution in [0.5, 0.6) is 0 Å². The summed E-state index contributed by atoms with van der Waals surface area (Å²) >= 11 is 1.76. The summed E-state index contributed by atoms with van der Waals surface area (Å²) in [6.07, 6.45) is 6.56. The number of ether oxygens (including phenoxy) is 1. The number of hydrogen-bond acceptors (Lipinski definition) is 3. The number of morpholine rings is 1. The van der Waals surface area contributed by atoms with Gasteiger partial charge in [0.05, 0.1) is 12.7 Å². The first-order valence-electron chi connectivity index (χ1n) is 5.53. The van der Waals surface area contributed by atoms with Crippen molar-refractivity contribution in [1.29, 1.82) is 0 Å². The van der Waals surface area contributed by atoms with Gasteiger partial charge < -0.3 is 10.1 Å². The zero-order chi connectivity index (χ0) is 11.2. The Morgan fingerprint density at radius 2 is 2.19 bits per heavy atom. The quantitative estimate of drug-likeness (QED) is 0.813. The van der Waals surface area contributed by atoms with E-state index < -0.39 is 0 Å². The molecule has 1 fully saturated rings. The van der Waals surface area contributed by atoms with Crippen molar-refractivity contribution in [2.45, 2.75) is 11.0 Å². The molecule has 16 heavy (non-hydrogen) atoms. The second-order valence-corrected chi connectivity index (χ2v) is 4.63. The maximum Gasteiger partial charge on any atom is 0.0884 e. The summed E-state index contributed by atoms with van der Waals surface area (Å²) in [5.41, 5.74) is 1.23. The fraction of sp³-hybridized carbons (Fsp3) is 0.385. The Bertz CT molecular complexity index is 341. The van der Waals surface area contributed by atoms with Gasteiger partial charge in [0.15, 0.2) is 0 Å². The lowest BCUT2D eigenvalue weighted by atomic mass is 10.2. The average molecular weight is 235 g/mol. The van der Waals surface area contributed by atoms with E-state index in [9.17, 15) is 0 Å². The molecule has 0 saturated carbocycles. The van der Waals surface area contributed by atoms with Crippen molar-refractivity contribution in [1.82, 2.24) is 5.32 Å². The predicted octanol–water partition coefficient (Wildman–Crippen LogP) is 2.41. The molecule has 1 aromatic carbocycles. The average Bonchev–Trinajstić information content (AvgIpc) is 2.38. The van der Waals surface area contributed by atoms with Gasteiger partial charge in [-0.3, -0.25) is 0 Å². The summed E-state index contributed by atoms with van der Waals surface area (Å²) in [4.78, 5) is 1.30. The molecule has 0 amide bonds. The topological polar surface area (TPSA) is 21.3 Å². The van der Waals surface area contributed by atoms with Crippen molar-refractivity contribution in [2.75, 3.05) is 26.0 Å². The van der Waals surface area contributed by atoms with E-state index in [2.05, 4.69) is 48.0 Å². The molecular formula is C13H17NOS. The van der Waals surface area contributed by atoms with Crippen LogP contribution in [0.15, 0.2) is 35.2 Å². The van der Waals surface area contributed by atoms with Crippen LogP contribution in [0.2, 0.25) is 0 Å². The fourth-order valence-electron chi connectivity index (χ4n) is 1.64. The van der Waals surface area contributed by atoms with Crippen molar-refractivity contribution < 1.29 is 4.74 Å². The highest BCUT2D eigenvalue weighted by atomic mass is 32.2. The number of nitrogens with one attached hydrogen (secondary N) is 1. The smallest absolute Gasteiger partial charge is 0.0884 e. The van der Waals surface area contributed by atoms with Crippen molar-refractivity contribution in [3.8, 4) is 0 Å². The maximum absolute atomic E-state index is 5.59. The predicted molar refractivity (Wildman–Crippen MR) is 69.9 cm³/mol. The summed E-state index contributed by atoms with van der Waals surface area (Å²) in [5, 5.41) is 3.31. The summed E-state index contributed by atoms with van der Waals surface area (Å²) < 4.78 is 5.59. The van der Waals surface area contributed by atoms with Crippen LogP contribution in [0, 0.1) is 0 Å². The largest absolute Gasteiger partial charge is 0.371 e. The van der Waals surface area contributed by atoms with Gasteiger partial charge in [-0.15, -0.1) is 11.8 Å². The van der Waals surface area contributed by atoms with Gasteiger partial charge in [0.2, 0.25) is 0 Å². The Balaban J connectivity index is 1.94. The minimum absolute atomic E-state index is 0.217. The Labute approximate surface area is 101 Å². The van der Waals surface area contributed by atoms with Crippen LogP contribution in [0.25, 0.3) is 6.08 Å². The first-order chi connectivity index (χ1) is 7.88. The van der Waals surface area contributed by atoms with Gasteiger partial charge in [0, 0.05) is 18.0 Å². The van der Waals surface area contributed by atoms with Crippen LogP contribution < -0.4 is 5.32 Å². The SMILES string of the molecule is CSc1ccc(/C=C/C2CNCCO2)cc1. The Kier molecular flexibility index (Phi) is 4.45. The zero-order valence-electron chi connectivity index (χ0n) is 9.48. The van der Waals surface area contributed by atoms with E-state index in [1.54, 1.807) is 11.8 Å². The number of rotatable bonds is 3. The summed E-state index contributed by atoms with van der Waals surface area (Å²) in [7, 11) is 0. The Morgan fingerprint density at radius 3 is 2.81 bits per heavy atom. The Morgan fingerprint density at radius 1 is 1.38 bits per heavy atom. The molecule has 1 aliphatic heterocycles. The van der Waals surface area contributed by atoms with Gasteiger partial charge >= 0.3 is 0 Å². The molecule has 2 rings (SSSR count). The van der Waals surface area contributed by atoms with E-state index in [4.69, 9.17) is 4.74 Å². The van der Waals surface area contributed by atoms with E-state index in [0.717, 1.165) is 19.7 Å². The van der Waals surface area contributed by atoms with Gasteiger partial charge in [0.1, 0.15) is 0 Å². The van der Waals surface area contributed by atoms with Crippen LogP contribution >= 0.6 is 11.8 Å². The molecule has 1 aliphatic rings. The third-order valence-electron chi connectivity index (χ3n) is 2.58. The molecule has 86 valence electrons. The molecule has 0 bridgehead atoms. The molecule has 1 saturated heterocycles. The lowest BCUT2D eigenvalue weighted by molar-refractivity contribution is 0.0596. The second kappa shape index (κ2) is 6.09. The van der Waals surface area contributed by atoms with Crippen LogP contribution in [0.4, 0.5) is 0 Å². The van der Waals surface area contributed by atoms with Crippen LogP contribution in [-0.2, 0) is 4.74 Å². The van der Waals surface area contributed by atoms with Crippen molar-refractivity contribution in [3.63, 3.8) is 0 Å². The second-order valence-electron chi connectivity index (χ2n) is 3.75. The molecule has 2 nitrogen and oxygen atoms in total. The molecule has 1 unspecified atom stereocenters. The summed E-state index contributed by atoms with van der Waals surface area (Å²) in [6.45, 7) is 2.69. The Hall–Kier alpha value is -0.770. The lowest BCUT2D eigenvalue weighted by Gasteiger charge is -2.20. The normalized spacial score (nSPS) is 21.4. The number of benzene rings is 1. The highest BCUT2D eigenvalue weighted by molar-refractivity contribution is 7.98. The van der Waals surface area contributed by atoms with E-state index in [1.165, 1.54) is 10.5 Å². The van der Waals surface area contributed by atoms with Gasteiger partial charge in [-0.05, 0) is 24.0 Å². The molecule has 1 aromatic rings. The summed E-state index contributed by atoms with van der Waals surface area (Å²) in [5.74, 6) is 0. The summed E-state index contributed by atoms with van der Waals surface area (Å²) in [6, 6.07) is 8.56. The standard InChI is InChI=1S/C13H17NOS/c1-16-13-6-3-11(4-7-13)2-5-12-10-14-8-9-15-12/h2-7,12,14H,8-10H2,1H3/b5-2+. The molecule has 0 spiro atoms. The molecule has 3 heteroatoms. The van der Waals surface area contributed by atoms with Crippen LogP contribution in [0.1, 0.15) is 5.56 Å². The highest BCUT2D eigenvalue weighted by Gasteiger charge is 2.08. The van der Waals surface area contributed by atoms with Gasteiger partial charge in [-0.25, -0.2) is 0 Å². The van der Waals surface area contributed by atoms with Crippen molar-refractivity contribution in [3.05, 3.63) is 35.9 Å². The monoisotopic (exact) mass is 235 g/mol. The van der Waals surface area contributed by atoms with Gasteiger partial charge in [-0.1, -0.05) is 24.3 Å². The van der Waals surface area contributed by atoms with E-state index in [-0.39, 0.29) is 6.10 Å². The van der Waals surface area contributed by atoms with Gasteiger partial charge in [-0.2, -0.15) is 0 Å². The van der Waals surface area contributed by atoms with Crippen molar-refractivity contribution in [2.24, 2.45) is 0 Å². The van der Waals surface area contributed by atoms with E-state index in [0.29, 0.717) is 0 Å². The maximum atomic E-state index is 5.59. The van der Waals surface area contributed by atoms with Crippen LogP contribution in [0.3, 0.4) is 0 Å². The third-order valence-corrected chi connectivity index (χ3v) is 3.32. The molecule has 0 aliphatic carbocycles. The minimum atomic E-state index is 0.217. The van der Waals surface area contributed by atoms with Crippen molar-refractivity contribution >= 4 is 17.8 Å². The van der Waals surface area contributed by atoms with Crippen LogP contribution in [-0.4, -0.2) is 32.1 Å². The fourth-order valence-corrected chi connectivity index (χ4v) is 2.05. The molecule has 1 atom stereocenters. The molecule has 0 aromatic heterocycles. The number of hydrogen-bond donors (Lipinski definition) is 1. The van der Waals surface area contributed by atoms with Gasteiger partial charge in [0.25, 0.3) is 0 Å². The third kappa shape index (κ3) is 3.37. The van der Waals surface area contributed by atoms with E-state index in [1.807, 2.05) is 0 Å². The number of thioether (sulfide) groups is 1. The molecule has 1 heterocycles. The highest BCUT2D eigenvalue weighted by Crippen LogP contribution is 2.15. The first-order valence-corrected chi connectivity index (χ1v) is 6.75. The zero-order valence-corrected chi connectivity index (χ0v) is 10.3. The first kappa shape index (κ1) is 11.7. The minimum Gasteiger partial charge on any atom is -0.371 e. The lowest BCUT2D eigenvalue weighted by Crippen LogP contribution is -2.37. The molecular weight excluding hydrogens is 218 g/mol. The van der Waals surface area contributed by atoms with E-state index >= 15 is 0 Å². The molecule has 1 N–H and O–H groups in total. The molecule has 0 radical (unpaired) electrons.